The Morgan fingerprint density at radius 1 is 1.00 bits per heavy atom. The molecule has 0 radical (unpaired) electrons. The third-order valence-electron chi connectivity index (χ3n) is 4.52. The van der Waals surface area contributed by atoms with Gasteiger partial charge in [0, 0.05) is 16.3 Å². The normalized spacial score (nSPS) is 10.7. The van der Waals surface area contributed by atoms with Crippen LogP contribution in [0.5, 0.6) is 0 Å². The number of amides is 1. The Kier molecular flexibility index (Phi) is 5.40. The van der Waals surface area contributed by atoms with Gasteiger partial charge in [-0.05, 0) is 42.3 Å². The van der Waals surface area contributed by atoms with Crippen LogP contribution >= 0.6 is 11.6 Å². The van der Waals surface area contributed by atoms with E-state index in [9.17, 15) is 4.79 Å². The van der Waals surface area contributed by atoms with Crippen LogP contribution < -0.4 is 5.32 Å². The van der Waals surface area contributed by atoms with E-state index < -0.39 is 0 Å². The summed E-state index contributed by atoms with van der Waals surface area (Å²) in [5, 5.41) is 7.91. The molecule has 6 heteroatoms. The number of benzene rings is 3. The molecule has 0 bridgehead atoms. The number of hydrogen-bond donors (Lipinski definition) is 1. The molecule has 0 saturated heterocycles. The summed E-state index contributed by atoms with van der Waals surface area (Å²) in [6, 6.07) is 24.6. The molecule has 1 amide bonds. The predicted molar refractivity (Wildman–Crippen MR) is 116 cm³/mol. The number of aromatic nitrogens is 3. The van der Waals surface area contributed by atoms with Gasteiger partial charge >= 0.3 is 0 Å². The van der Waals surface area contributed by atoms with Gasteiger partial charge in [-0.1, -0.05) is 67.1 Å². The number of carbonyl (C=O) groups excluding carboxylic acids is 1. The molecule has 29 heavy (non-hydrogen) atoms. The highest BCUT2D eigenvalue weighted by molar-refractivity contribution is 6.30. The molecule has 0 saturated carbocycles. The maximum absolute atomic E-state index is 12.8. The molecule has 5 nitrogen and oxygen atoms in total. The number of nitrogens with one attached hydrogen (secondary N) is 1. The highest BCUT2D eigenvalue weighted by Crippen LogP contribution is 2.23. The van der Waals surface area contributed by atoms with Crippen molar-refractivity contribution in [3.8, 4) is 17.1 Å². The van der Waals surface area contributed by atoms with Gasteiger partial charge in [-0.2, -0.15) is 0 Å². The van der Waals surface area contributed by atoms with Crippen LogP contribution in [0.1, 0.15) is 23.1 Å². The molecule has 1 N–H and O–H groups in total. The van der Waals surface area contributed by atoms with Crippen molar-refractivity contribution < 1.29 is 4.79 Å². The Labute approximate surface area is 174 Å². The number of hydrogen-bond acceptors (Lipinski definition) is 3. The summed E-state index contributed by atoms with van der Waals surface area (Å²) in [4.78, 5) is 17.3. The van der Waals surface area contributed by atoms with E-state index >= 15 is 0 Å². The highest BCUT2D eigenvalue weighted by atomic mass is 35.5. The van der Waals surface area contributed by atoms with Crippen molar-refractivity contribution in [3.63, 3.8) is 0 Å². The molecule has 144 valence electrons. The summed E-state index contributed by atoms with van der Waals surface area (Å²) in [5.41, 5.74) is 3.49. The molecule has 0 unspecified atom stereocenters. The highest BCUT2D eigenvalue weighted by Gasteiger charge is 2.19. The van der Waals surface area contributed by atoms with Crippen molar-refractivity contribution in [2.75, 3.05) is 5.32 Å². The lowest BCUT2D eigenvalue weighted by Crippen LogP contribution is -2.14. The first-order valence-corrected chi connectivity index (χ1v) is 9.70. The fraction of sp³-hybridized carbons (Fsp3) is 0.0870. The zero-order chi connectivity index (χ0) is 20.2. The second kappa shape index (κ2) is 8.29. The Bertz CT molecular complexity index is 1140. The van der Waals surface area contributed by atoms with E-state index in [2.05, 4.69) is 22.3 Å². The van der Waals surface area contributed by atoms with Crippen molar-refractivity contribution in [2.24, 2.45) is 0 Å². The average molecular weight is 403 g/mol. The first-order valence-electron chi connectivity index (χ1n) is 9.33. The minimum absolute atomic E-state index is 0.0865. The summed E-state index contributed by atoms with van der Waals surface area (Å²) in [6.07, 6.45) is 0.945. The van der Waals surface area contributed by atoms with Gasteiger partial charge in [0.25, 0.3) is 5.91 Å². The van der Waals surface area contributed by atoms with Crippen LogP contribution in [0.2, 0.25) is 5.02 Å². The molecule has 0 fully saturated rings. The monoisotopic (exact) mass is 402 g/mol. The molecule has 0 spiro atoms. The van der Waals surface area contributed by atoms with Crippen molar-refractivity contribution in [3.05, 3.63) is 95.3 Å². The molecule has 0 aliphatic heterocycles. The molecule has 0 aliphatic carbocycles. The van der Waals surface area contributed by atoms with E-state index in [1.54, 1.807) is 16.8 Å². The fourth-order valence-corrected chi connectivity index (χ4v) is 3.17. The number of rotatable bonds is 5. The van der Waals surface area contributed by atoms with E-state index in [1.807, 2.05) is 66.7 Å². The number of aryl methyl sites for hydroxylation is 1. The zero-order valence-corrected chi connectivity index (χ0v) is 16.6. The van der Waals surface area contributed by atoms with Gasteiger partial charge in [-0.3, -0.25) is 4.79 Å². The van der Waals surface area contributed by atoms with Gasteiger partial charge in [0.05, 0.1) is 5.69 Å². The second-order valence-electron chi connectivity index (χ2n) is 6.52. The molecule has 1 aromatic heterocycles. The third kappa shape index (κ3) is 4.20. The minimum atomic E-state index is -0.368. The first-order chi connectivity index (χ1) is 14.1. The Morgan fingerprint density at radius 2 is 1.76 bits per heavy atom. The number of halogens is 1. The van der Waals surface area contributed by atoms with E-state index in [0.29, 0.717) is 16.5 Å². The second-order valence-corrected chi connectivity index (χ2v) is 6.96. The van der Waals surface area contributed by atoms with Crippen molar-refractivity contribution in [2.45, 2.75) is 13.3 Å². The van der Waals surface area contributed by atoms with Gasteiger partial charge in [0.1, 0.15) is 0 Å². The standard InChI is InChI=1S/C23H19ClN4O/c1-2-16-11-13-19(14-12-16)25-23(29)21-26-22(17-7-4-3-5-8-17)28(27-21)20-10-6-9-18(24)15-20/h3-15H,2H2,1H3,(H,25,29). The van der Waals surface area contributed by atoms with Gasteiger partial charge in [-0.25, -0.2) is 9.67 Å². The largest absolute Gasteiger partial charge is 0.319 e. The molecule has 1 heterocycles. The van der Waals surface area contributed by atoms with Crippen LogP contribution in [0, 0.1) is 0 Å². The lowest BCUT2D eigenvalue weighted by molar-refractivity contribution is 0.101. The molecular weight excluding hydrogens is 384 g/mol. The summed E-state index contributed by atoms with van der Waals surface area (Å²) < 4.78 is 1.64. The quantitative estimate of drug-likeness (QED) is 0.486. The molecule has 0 atom stereocenters. The van der Waals surface area contributed by atoms with E-state index in [1.165, 1.54) is 5.56 Å². The number of nitrogens with zero attached hydrogens (tertiary/aromatic N) is 3. The van der Waals surface area contributed by atoms with E-state index in [-0.39, 0.29) is 11.7 Å². The van der Waals surface area contributed by atoms with Gasteiger partial charge in [-0.15, -0.1) is 5.10 Å². The molecular formula is C23H19ClN4O. The Morgan fingerprint density at radius 3 is 2.45 bits per heavy atom. The van der Waals surface area contributed by atoms with Gasteiger partial charge < -0.3 is 5.32 Å². The molecule has 3 aromatic carbocycles. The van der Waals surface area contributed by atoms with Crippen LogP contribution in [-0.2, 0) is 6.42 Å². The van der Waals surface area contributed by atoms with Gasteiger partial charge in [0.2, 0.25) is 5.82 Å². The average Bonchev–Trinajstić information content (AvgIpc) is 3.21. The summed E-state index contributed by atoms with van der Waals surface area (Å²) in [6.45, 7) is 2.09. The predicted octanol–water partition coefficient (Wildman–Crippen LogP) is 5.40. The van der Waals surface area contributed by atoms with Crippen LogP contribution in [-0.4, -0.2) is 20.7 Å². The molecule has 0 aliphatic rings. The van der Waals surface area contributed by atoms with Crippen LogP contribution in [0.25, 0.3) is 17.1 Å². The van der Waals surface area contributed by atoms with E-state index in [0.717, 1.165) is 17.7 Å². The van der Waals surface area contributed by atoms with Crippen molar-refractivity contribution in [1.82, 2.24) is 14.8 Å². The third-order valence-corrected chi connectivity index (χ3v) is 4.75. The Balaban J connectivity index is 1.71. The van der Waals surface area contributed by atoms with Crippen LogP contribution in [0.15, 0.2) is 78.9 Å². The number of anilines is 1. The molecule has 4 rings (SSSR count). The van der Waals surface area contributed by atoms with Crippen LogP contribution in [0.4, 0.5) is 5.69 Å². The summed E-state index contributed by atoms with van der Waals surface area (Å²) in [5.74, 6) is 0.287. The topological polar surface area (TPSA) is 59.8 Å². The number of carbonyl (C=O) groups is 1. The SMILES string of the molecule is CCc1ccc(NC(=O)c2nc(-c3ccccc3)n(-c3cccc(Cl)c3)n2)cc1. The lowest BCUT2D eigenvalue weighted by Gasteiger charge is -2.06. The Hall–Kier alpha value is -3.44. The fourth-order valence-electron chi connectivity index (χ4n) is 2.98. The van der Waals surface area contributed by atoms with Crippen molar-refractivity contribution >= 4 is 23.2 Å². The van der Waals surface area contributed by atoms with Gasteiger partial charge in [0.15, 0.2) is 5.82 Å². The zero-order valence-electron chi connectivity index (χ0n) is 15.8. The minimum Gasteiger partial charge on any atom is -0.319 e. The first kappa shape index (κ1) is 18.9. The summed E-state index contributed by atoms with van der Waals surface area (Å²) >= 11 is 6.15. The maximum atomic E-state index is 12.8. The van der Waals surface area contributed by atoms with E-state index in [4.69, 9.17) is 11.6 Å². The summed E-state index contributed by atoms with van der Waals surface area (Å²) in [7, 11) is 0. The lowest BCUT2D eigenvalue weighted by atomic mass is 10.1. The maximum Gasteiger partial charge on any atom is 0.295 e. The smallest absolute Gasteiger partial charge is 0.295 e. The molecule has 4 aromatic rings. The van der Waals surface area contributed by atoms with Crippen molar-refractivity contribution in [1.29, 1.82) is 0 Å². The van der Waals surface area contributed by atoms with Crippen LogP contribution in [0.3, 0.4) is 0 Å².